The molecule has 0 atom stereocenters. The first-order valence-corrected chi connectivity index (χ1v) is 12.2. The molecule has 0 amide bonds. The minimum absolute atomic E-state index is 0.0282. The number of rotatable bonds is 8. The van der Waals surface area contributed by atoms with Crippen LogP contribution in [0.25, 0.3) is 10.9 Å². The standard InChI is InChI=1S/C27H32N6O/c1-19-14-20(2)26-22(15-19)16-23(27(34)28-26)17-32(13-12-21-8-4-3-5-9-21)18-25-29-30-31-33(25)24-10-6-7-11-24/h3-5,8-9,14-16,24H,6-7,10-13,17-18H2,1-2H3,(H,28,34). The van der Waals surface area contributed by atoms with Gasteiger partial charge in [-0.2, -0.15) is 0 Å². The topological polar surface area (TPSA) is 79.7 Å². The number of aromatic nitrogens is 5. The summed E-state index contributed by atoms with van der Waals surface area (Å²) in [6.07, 6.45) is 5.62. The summed E-state index contributed by atoms with van der Waals surface area (Å²) in [5.74, 6) is 0.879. The van der Waals surface area contributed by atoms with Gasteiger partial charge >= 0.3 is 0 Å². The minimum atomic E-state index is -0.0282. The molecule has 2 aromatic carbocycles. The number of nitrogens with one attached hydrogen (secondary N) is 1. The van der Waals surface area contributed by atoms with Gasteiger partial charge in [0.05, 0.1) is 18.1 Å². The van der Waals surface area contributed by atoms with E-state index in [4.69, 9.17) is 0 Å². The molecular weight excluding hydrogens is 424 g/mol. The number of benzene rings is 2. The van der Waals surface area contributed by atoms with Gasteiger partial charge in [-0.05, 0) is 72.2 Å². The fourth-order valence-electron chi connectivity index (χ4n) is 5.19. The first kappa shape index (κ1) is 22.5. The number of pyridine rings is 1. The third-order valence-electron chi connectivity index (χ3n) is 6.92. The van der Waals surface area contributed by atoms with Crippen molar-refractivity contribution in [2.75, 3.05) is 6.54 Å². The van der Waals surface area contributed by atoms with E-state index in [0.29, 0.717) is 19.1 Å². The average molecular weight is 457 g/mol. The molecule has 4 aromatic rings. The normalized spacial score (nSPS) is 14.4. The summed E-state index contributed by atoms with van der Waals surface area (Å²) < 4.78 is 2.01. The summed E-state index contributed by atoms with van der Waals surface area (Å²) in [5, 5.41) is 13.7. The summed E-state index contributed by atoms with van der Waals surface area (Å²) in [7, 11) is 0. The van der Waals surface area contributed by atoms with Crippen LogP contribution in [0.3, 0.4) is 0 Å². The Morgan fingerprint density at radius 2 is 1.85 bits per heavy atom. The Kier molecular flexibility index (Phi) is 6.54. The molecule has 1 aliphatic rings. The maximum Gasteiger partial charge on any atom is 0.252 e. The molecule has 1 saturated carbocycles. The second-order valence-electron chi connectivity index (χ2n) is 9.59. The first-order valence-electron chi connectivity index (χ1n) is 12.2. The van der Waals surface area contributed by atoms with Crippen molar-refractivity contribution in [2.24, 2.45) is 0 Å². The lowest BCUT2D eigenvalue weighted by Gasteiger charge is -2.23. The maximum absolute atomic E-state index is 13.0. The van der Waals surface area contributed by atoms with E-state index in [1.807, 2.05) is 23.7 Å². The monoisotopic (exact) mass is 456 g/mol. The van der Waals surface area contributed by atoms with Crippen LogP contribution >= 0.6 is 0 Å². The number of tetrazole rings is 1. The summed E-state index contributed by atoms with van der Waals surface area (Å²) >= 11 is 0. The van der Waals surface area contributed by atoms with Crippen LogP contribution < -0.4 is 5.56 Å². The highest BCUT2D eigenvalue weighted by atomic mass is 16.1. The highest BCUT2D eigenvalue weighted by Crippen LogP contribution is 2.29. The van der Waals surface area contributed by atoms with Gasteiger partial charge in [0.2, 0.25) is 0 Å². The summed E-state index contributed by atoms with van der Waals surface area (Å²) in [6.45, 7) is 6.10. The quantitative estimate of drug-likeness (QED) is 0.423. The molecule has 0 spiro atoms. The van der Waals surface area contributed by atoms with Gasteiger partial charge in [-0.15, -0.1) is 5.10 Å². The largest absolute Gasteiger partial charge is 0.321 e. The predicted molar refractivity (Wildman–Crippen MR) is 134 cm³/mol. The molecule has 7 nitrogen and oxygen atoms in total. The number of hydrogen-bond donors (Lipinski definition) is 1. The van der Waals surface area contributed by atoms with Crippen LogP contribution in [-0.2, 0) is 19.5 Å². The molecule has 0 unspecified atom stereocenters. The van der Waals surface area contributed by atoms with E-state index in [0.717, 1.165) is 53.7 Å². The van der Waals surface area contributed by atoms with Crippen LogP contribution in [0.5, 0.6) is 0 Å². The van der Waals surface area contributed by atoms with Gasteiger partial charge in [0.15, 0.2) is 5.82 Å². The number of fused-ring (bicyclic) bond motifs is 1. The minimum Gasteiger partial charge on any atom is -0.321 e. The van der Waals surface area contributed by atoms with Gasteiger partial charge in [0, 0.05) is 18.7 Å². The van der Waals surface area contributed by atoms with E-state index in [2.05, 4.69) is 68.7 Å². The third kappa shape index (κ3) is 4.94. The van der Waals surface area contributed by atoms with Crippen molar-refractivity contribution in [1.29, 1.82) is 0 Å². The molecule has 0 radical (unpaired) electrons. The molecule has 34 heavy (non-hydrogen) atoms. The lowest BCUT2D eigenvalue weighted by molar-refractivity contribution is 0.243. The molecule has 1 fully saturated rings. The number of H-pyrrole nitrogens is 1. The zero-order valence-electron chi connectivity index (χ0n) is 20.0. The van der Waals surface area contributed by atoms with Crippen LogP contribution in [0, 0.1) is 13.8 Å². The zero-order chi connectivity index (χ0) is 23.5. The highest BCUT2D eigenvalue weighted by molar-refractivity contribution is 5.82. The summed E-state index contributed by atoms with van der Waals surface area (Å²) in [4.78, 5) is 18.4. The van der Waals surface area contributed by atoms with E-state index >= 15 is 0 Å². The Balaban J connectivity index is 1.43. The molecule has 176 valence electrons. The zero-order valence-corrected chi connectivity index (χ0v) is 20.0. The van der Waals surface area contributed by atoms with Crippen LogP contribution in [0.2, 0.25) is 0 Å². The maximum atomic E-state index is 13.0. The smallest absolute Gasteiger partial charge is 0.252 e. The van der Waals surface area contributed by atoms with E-state index in [-0.39, 0.29) is 5.56 Å². The van der Waals surface area contributed by atoms with Crippen molar-refractivity contribution in [3.63, 3.8) is 0 Å². The Morgan fingerprint density at radius 3 is 2.65 bits per heavy atom. The molecule has 1 N–H and O–H groups in total. The molecule has 2 aromatic heterocycles. The molecule has 0 aliphatic heterocycles. The van der Waals surface area contributed by atoms with E-state index in [1.54, 1.807) is 0 Å². The van der Waals surface area contributed by atoms with Crippen molar-refractivity contribution in [3.8, 4) is 0 Å². The third-order valence-corrected chi connectivity index (χ3v) is 6.92. The predicted octanol–water partition coefficient (Wildman–Crippen LogP) is 4.49. The van der Waals surface area contributed by atoms with Gasteiger partial charge in [-0.25, -0.2) is 4.68 Å². The van der Waals surface area contributed by atoms with Gasteiger partial charge in [-0.3, -0.25) is 9.69 Å². The molecule has 5 rings (SSSR count). The number of aryl methyl sites for hydroxylation is 2. The Hall–Kier alpha value is -3.32. The number of aromatic amines is 1. The van der Waals surface area contributed by atoms with Crippen molar-refractivity contribution in [1.82, 2.24) is 30.1 Å². The van der Waals surface area contributed by atoms with Crippen LogP contribution in [0.4, 0.5) is 0 Å². The van der Waals surface area contributed by atoms with E-state index in [1.165, 1.54) is 24.0 Å². The molecule has 0 saturated heterocycles. The highest BCUT2D eigenvalue weighted by Gasteiger charge is 2.23. The van der Waals surface area contributed by atoms with Crippen molar-refractivity contribution >= 4 is 10.9 Å². The Labute approximate surface area is 199 Å². The Bertz CT molecular complexity index is 1320. The second kappa shape index (κ2) is 9.89. The molecule has 0 bridgehead atoms. The van der Waals surface area contributed by atoms with Gasteiger partial charge < -0.3 is 4.98 Å². The first-order chi connectivity index (χ1) is 16.6. The molecule has 2 heterocycles. The van der Waals surface area contributed by atoms with E-state index in [9.17, 15) is 4.79 Å². The summed E-state index contributed by atoms with van der Waals surface area (Å²) in [6, 6.07) is 17.1. The number of nitrogens with zero attached hydrogens (tertiary/aromatic N) is 5. The summed E-state index contributed by atoms with van der Waals surface area (Å²) in [5.41, 5.74) is 5.22. The lowest BCUT2D eigenvalue weighted by Crippen LogP contribution is -2.30. The molecule has 1 aliphatic carbocycles. The molecule has 7 heteroatoms. The van der Waals surface area contributed by atoms with Crippen LogP contribution in [-0.4, -0.2) is 36.6 Å². The van der Waals surface area contributed by atoms with Crippen molar-refractivity contribution < 1.29 is 0 Å². The fourth-order valence-corrected chi connectivity index (χ4v) is 5.19. The van der Waals surface area contributed by atoms with Gasteiger partial charge in [-0.1, -0.05) is 54.8 Å². The fraction of sp³-hybridized carbons (Fsp3) is 0.407. The average Bonchev–Trinajstić information content (AvgIpc) is 3.51. The second-order valence-corrected chi connectivity index (χ2v) is 9.59. The SMILES string of the molecule is Cc1cc(C)c2[nH]c(=O)c(CN(CCc3ccccc3)Cc3nnnn3C3CCCC3)cc2c1. The Morgan fingerprint density at radius 1 is 1.06 bits per heavy atom. The van der Waals surface area contributed by atoms with Crippen LogP contribution in [0.15, 0.2) is 53.3 Å². The number of hydrogen-bond acceptors (Lipinski definition) is 5. The van der Waals surface area contributed by atoms with Crippen LogP contribution in [0.1, 0.15) is 59.8 Å². The van der Waals surface area contributed by atoms with Gasteiger partial charge in [0.25, 0.3) is 5.56 Å². The van der Waals surface area contributed by atoms with Gasteiger partial charge in [0.1, 0.15) is 0 Å². The van der Waals surface area contributed by atoms with E-state index < -0.39 is 0 Å². The van der Waals surface area contributed by atoms with Crippen molar-refractivity contribution in [3.05, 3.63) is 87.0 Å². The van der Waals surface area contributed by atoms with Crippen molar-refractivity contribution in [2.45, 2.75) is 65.1 Å². The lowest BCUT2D eigenvalue weighted by atomic mass is 10.0. The molecular formula is C27H32N6O.